The van der Waals surface area contributed by atoms with Crippen molar-refractivity contribution in [1.82, 2.24) is 0 Å². The highest BCUT2D eigenvalue weighted by atomic mass is 79.9. The molecule has 0 spiro atoms. The average molecular weight is 515 g/mol. The molecule has 2 aromatic carbocycles. The van der Waals surface area contributed by atoms with Crippen LogP contribution in [0.15, 0.2) is 63.6 Å². The summed E-state index contributed by atoms with van der Waals surface area (Å²) in [4.78, 5) is 23.3. The molecular weight excluding hydrogens is 498 g/mol. The number of phenols is 1. The van der Waals surface area contributed by atoms with E-state index in [0.29, 0.717) is 14.6 Å². The predicted octanol–water partition coefficient (Wildman–Crippen LogP) is 4.86. The van der Waals surface area contributed by atoms with Gasteiger partial charge in [0.25, 0.3) is 0 Å². The number of amides is 1. The SMILES string of the molecule is CO[C@H](/C=C/C(=O)O)[C@H](OC(=O)Nc1ccccc1)c1cc(Br)cc(Br)c1O. The van der Waals surface area contributed by atoms with Gasteiger partial charge in [-0.3, -0.25) is 5.32 Å². The van der Waals surface area contributed by atoms with Gasteiger partial charge in [-0.2, -0.15) is 0 Å². The molecule has 0 saturated carbocycles. The lowest BCUT2D eigenvalue weighted by atomic mass is 10.0. The van der Waals surface area contributed by atoms with Gasteiger partial charge in [-0.15, -0.1) is 0 Å². The lowest BCUT2D eigenvalue weighted by Gasteiger charge is -2.25. The third-order valence-corrected chi connectivity index (χ3v) is 4.68. The summed E-state index contributed by atoms with van der Waals surface area (Å²) in [6.45, 7) is 0. The van der Waals surface area contributed by atoms with Crippen LogP contribution in [0.5, 0.6) is 5.75 Å². The quantitative estimate of drug-likeness (QED) is 0.455. The molecule has 2 aromatic rings. The van der Waals surface area contributed by atoms with Crippen LogP contribution in [-0.2, 0) is 14.3 Å². The van der Waals surface area contributed by atoms with Gasteiger partial charge in [-0.1, -0.05) is 34.1 Å². The lowest BCUT2D eigenvalue weighted by Crippen LogP contribution is -2.27. The molecule has 0 fully saturated rings. The highest BCUT2D eigenvalue weighted by Crippen LogP contribution is 2.39. The Morgan fingerprint density at radius 2 is 1.86 bits per heavy atom. The fourth-order valence-corrected chi connectivity index (χ4v) is 3.63. The Balaban J connectivity index is 2.38. The fourth-order valence-electron chi connectivity index (χ4n) is 2.37. The van der Waals surface area contributed by atoms with Gasteiger partial charge in [0.1, 0.15) is 11.9 Å². The molecule has 0 aromatic heterocycles. The van der Waals surface area contributed by atoms with Gasteiger partial charge in [-0.25, -0.2) is 9.59 Å². The maximum absolute atomic E-state index is 12.4. The van der Waals surface area contributed by atoms with Gasteiger partial charge in [0.05, 0.1) is 4.47 Å². The van der Waals surface area contributed by atoms with E-state index in [1.54, 1.807) is 42.5 Å². The van der Waals surface area contributed by atoms with Crippen LogP contribution in [-0.4, -0.2) is 35.5 Å². The minimum absolute atomic E-state index is 0.161. The van der Waals surface area contributed by atoms with E-state index in [1.165, 1.54) is 13.2 Å². The number of hydrogen-bond donors (Lipinski definition) is 3. The first kappa shape index (κ1) is 21.9. The number of carbonyl (C=O) groups excluding carboxylic acids is 1. The van der Waals surface area contributed by atoms with E-state index >= 15 is 0 Å². The van der Waals surface area contributed by atoms with Crippen LogP contribution in [0.4, 0.5) is 10.5 Å². The van der Waals surface area contributed by atoms with Crippen molar-refractivity contribution >= 4 is 49.6 Å². The smallest absolute Gasteiger partial charge is 0.412 e. The Labute approximate surface area is 178 Å². The van der Waals surface area contributed by atoms with Crippen molar-refractivity contribution in [2.24, 2.45) is 0 Å². The third-order valence-electron chi connectivity index (χ3n) is 3.62. The number of carbonyl (C=O) groups is 2. The second kappa shape index (κ2) is 10.3. The number of rotatable bonds is 7. The van der Waals surface area contributed by atoms with Crippen molar-refractivity contribution in [1.29, 1.82) is 0 Å². The van der Waals surface area contributed by atoms with E-state index in [1.807, 2.05) is 0 Å². The number of nitrogens with one attached hydrogen (secondary N) is 1. The molecule has 0 unspecified atom stereocenters. The molecule has 148 valence electrons. The van der Waals surface area contributed by atoms with E-state index < -0.39 is 24.3 Å². The monoisotopic (exact) mass is 513 g/mol. The minimum atomic E-state index is -1.19. The van der Waals surface area contributed by atoms with Gasteiger partial charge in [0, 0.05) is 28.9 Å². The van der Waals surface area contributed by atoms with Crippen molar-refractivity contribution in [2.75, 3.05) is 12.4 Å². The number of hydrogen-bond acceptors (Lipinski definition) is 5. The molecule has 0 aliphatic rings. The Kier molecular flexibility index (Phi) is 8.04. The molecule has 0 saturated heterocycles. The molecule has 2 rings (SSSR count). The normalized spacial score (nSPS) is 13.1. The summed E-state index contributed by atoms with van der Waals surface area (Å²) in [7, 11) is 1.34. The molecule has 0 heterocycles. The predicted molar refractivity (Wildman–Crippen MR) is 110 cm³/mol. The van der Waals surface area contributed by atoms with Gasteiger partial charge >= 0.3 is 12.1 Å². The van der Waals surface area contributed by atoms with E-state index in [4.69, 9.17) is 14.6 Å². The number of aliphatic carboxylic acids is 1. The van der Waals surface area contributed by atoms with Crippen molar-refractivity contribution in [3.05, 3.63) is 69.1 Å². The summed E-state index contributed by atoms with van der Waals surface area (Å²) >= 11 is 6.55. The summed E-state index contributed by atoms with van der Waals surface area (Å²) in [6, 6.07) is 11.8. The Morgan fingerprint density at radius 3 is 2.46 bits per heavy atom. The van der Waals surface area contributed by atoms with Crippen LogP contribution in [0.1, 0.15) is 11.7 Å². The first-order valence-corrected chi connectivity index (χ1v) is 9.55. The van der Waals surface area contributed by atoms with Crippen LogP contribution in [0.2, 0.25) is 0 Å². The number of carboxylic acid groups (broad SMARTS) is 1. The maximum Gasteiger partial charge on any atom is 0.412 e. The second-order valence-electron chi connectivity index (χ2n) is 5.54. The van der Waals surface area contributed by atoms with E-state index in [2.05, 4.69) is 37.2 Å². The fraction of sp³-hybridized carbons (Fsp3) is 0.158. The molecule has 0 aliphatic carbocycles. The van der Waals surface area contributed by atoms with Crippen LogP contribution in [0, 0.1) is 0 Å². The van der Waals surface area contributed by atoms with Crippen molar-refractivity contribution in [3.63, 3.8) is 0 Å². The minimum Gasteiger partial charge on any atom is -0.506 e. The zero-order chi connectivity index (χ0) is 20.7. The first-order valence-electron chi connectivity index (χ1n) is 7.96. The van der Waals surface area contributed by atoms with Crippen molar-refractivity contribution < 1.29 is 29.3 Å². The van der Waals surface area contributed by atoms with Crippen LogP contribution in [0.3, 0.4) is 0 Å². The number of para-hydroxylation sites is 1. The Hall–Kier alpha value is -2.36. The number of aromatic hydroxyl groups is 1. The topological polar surface area (TPSA) is 105 Å². The first-order chi connectivity index (χ1) is 13.3. The van der Waals surface area contributed by atoms with E-state index in [0.717, 1.165) is 6.08 Å². The zero-order valence-electron chi connectivity index (χ0n) is 14.6. The summed E-state index contributed by atoms with van der Waals surface area (Å²) < 4.78 is 11.8. The molecule has 9 heteroatoms. The average Bonchev–Trinajstić information content (AvgIpc) is 2.64. The summed E-state index contributed by atoms with van der Waals surface area (Å²) in [5.41, 5.74) is 0.743. The van der Waals surface area contributed by atoms with Gasteiger partial charge in [0.15, 0.2) is 6.10 Å². The zero-order valence-corrected chi connectivity index (χ0v) is 17.8. The molecule has 0 aliphatic heterocycles. The largest absolute Gasteiger partial charge is 0.506 e. The Bertz CT molecular complexity index is 872. The molecule has 1 amide bonds. The Morgan fingerprint density at radius 1 is 1.18 bits per heavy atom. The van der Waals surface area contributed by atoms with Crippen molar-refractivity contribution in [3.8, 4) is 5.75 Å². The van der Waals surface area contributed by atoms with Gasteiger partial charge in [0.2, 0.25) is 0 Å². The maximum atomic E-state index is 12.4. The number of carboxylic acids is 1. The second-order valence-corrected chi connectivity index (χ2v) is 7.31. The molecule has 7 nitrogen and oxygen atoms in total. The summed E-state index contributed by atoms with van der Waals surface area (Å²) in [5, 5.41) is 21.9. The van der Waals surface area contributed by atoms with Crippen LogP contribution in [0.25, 0.3) is 0 Å². The molecule has 0 radical (unpaired) electrons. The number of anilines is 1. The third kappa shape index (κ3) is 6.08. The van der Waals surface area contributed by atoms with Crippen molar-refractivity contribution in [2.45, 2.75) is 12.2 Å². The number of methoxy groups -OCH3 is 1. The molecule has 0 bridgehead atoms. The molecular formula is C19H17Br2NO6. The lowest BCUT2D eigenvalue weighted by molar-refractivity contribution is -0.131. The summed E-state index contributed by atoms with van der Waals surface area (Å²) in [6.07, 6.45) is -0.777. The van der Waals surface area contributed by atoms with Gasteiger partial charge in [-0.05, 0) is 46.3 Å². The number of halogens is 2. The molecule has 3 N–H and O–H groups in total. The molecule has 2 atom stereocenters. The standard InChI is InChI=1S/C19H17Br2NO6/c1-27-15(7-8-16(23)24)18(13-9-11(20)10-14(21)17(13)25)28-19(26)22-12-5-3-2-4-6-12/h2-10,15,18,25H,1H3,(H,22,26)(H,23,24)/b8-7+/t15-,18-/m1/s1. The van der Waals surface area contributed by atoms with E-state index in [9.17, 15) is 14.7 Å². The van der Waals surface area contributed by atoms with Crippen LogP contribution < -0.4 is 5.32 Å². The highest BCUT2D eigenvalue weighted by Gasteiger charge is 2.29. The number of benzene rings is 2. The van der Waals surface area contributed by atoms with Gasteiger partial charge < -0.3 is 19.7 Å². The number of phenolic OH excluding ortho intramolecular Hbond substituents is 1. The summed E-state index contributed by atoms with van der Waals surface area (Å²) in [5.74, 6) is -1.35. The van der Waals surface area contributed by atoms with Crippen LogP contribution >= 0.6 is 31.9 Å². The molecule has 28 heavy (non-hydrogen) atoms. The van der Waals surface area contributed by atoms with E-state index in [-0.39, 0.29) is 11.3 Å². The highest BCUT2D eigenvalue weighted by molar-refractivity contribution is 9.11. The number of ether oxygens (including phenoxy) is 2.